The second-order valence-electron chi connectivity index (χ2n) is 32.3. The predicted octanol–water partition coefficient (Wildman–Crippen LogP) is 24.6. The van der Waals surface area contributed by atoms with Gasteiger partial charge in [0.1, 0.15) is 85.5 Å². The Morgan fingerprint density at radius 2 is 0.623 bits per heavy atom. The monoisotopic (exact) mass is 2030 g/mol. The van der Waals surface area contributed by atoms with Crippen molar-refractivity contribution in [2.75, 3.05) is 152 Å². The van der Waals surface area contributed by atoms with Crippen LogP contribution in [0.2, 0.25) is 25.1 Å². The van der Waals surface area contributed by atoms with E-state index in [4.69, 9.17) is 72.2 Å². The smallest absolute Gasteiger partial charge is 0.189 e. The topological polar surface area (TPSA) is 295 Å². The third-order valence-electron chi connectivity index (χ3n) is 22.6. The SMILES string of the molecule is Fc1ccc(Nc2ncnc3nc(Nc4ccc(CN5CCCC5)cc4)sc23)cc1Cl.Fc1ccc(Nc2ncnc3nc(Nc4ccc(CN5CCOCC5)cc4)sc23)cc1Cl.Fc1ccc(Nc2ncnc3nc(Nc4ccc(OCCCN5CCN(c6ccc(Cl)cc6)CC5)cc4)sc23)cc1Cl.Fc1ccc(Nc2ncnc3nc(Nc4ccc(OCCN5CCCC5)cc4)sc23)cc1Cl. The molecule has 708 valence electrons. The minimum Gasteiger partial charge on any atom is -0.494 e. The lowest BCUT2D eigenvalue weighted by Crippen LogP contribution is -2.46. The van der Waals surface area contributed by atoms with Crippen LogP contribution in [0, 0.1) is 23.3 Å². The Hall–Kier alpha value is -12.4. The number of nitrogens with zero attached hydrogens (tertiary/aromatic N) is 17. The molecule has 17 aromatic rings. The summed E-state index contributed by atoms with van der Waals surface area (Å²) in [6.45, 7) is 17.6. The molecule has 0 unspecified atom stereocenters. The molecule has 21 rings (SSSR count). The fraction of sp³-hybridized carbons (Fsp3) is 0.237. The van der Waals surface area contributed by atoms with Crippen molar-refractivity contribution in [2.45, 2.75) is 45.2 Å². The summed E-state index contributed by atoms with van der Waals surface area (Å²) in [5.41, 5.74) is 12.3. The first kappa shape index (κ1) is 95.9. The Bertz CT molecular complexity index is 6970. The molecule has 28 nitrogen and oxygen atoms in total. The lowest BCUT2D eigenvalue weighted by atomic mass is 10.2. The van der Waals surface area contributed by atoms with E-state index in [9.17, 15) is 17.6 Å². The zero-order valence-electron chi connectivity index (χ0n) is 73.9. The highest BCUT2D eigenvalue weighted by Crippen LogP contribution is 2.40. The van der Waals surface area contributed by atoms with Crippen molar-refractivity contribution in [1.29, 1.82) is 0 Å². The van der Waals surface area contributed by atoms with Gasteiger partial charge in [-0.2, -0.15) is 19.9 Å². The van der Waals surface area contributed by atoms with Crippen LogP contribution < -0.4 is 56.9 Å². The van der Waals surface area contributed by atoms with E-state index in [1.54, 1.807) is 24.3 Å². The summed E-state index contributed by atoms with van der Waals surface area (Å²) in [7, 11) is 0. The Morgan fingerprint density at radius 3 is 0.971 bits per heavy atom. The molecule has 0 aliphatic carbocycles. The number of nitrogens with one attached hydrogen (secondary N) is 8. The number of piperazine rings is 1. The van der Waals surface area contributed by atoms with Gasteiger partial charge in [0, 0.05) is 122 Å². The molecule has 0 saturated carbocycles. The first-order valence-electron chi connectivity index (χ1n) is 44.5. The van der Waals surface area contributed by atoms with E-state index in [1.165, 1.54) is 188 Å². The Balaban J connectivity index is 0.000000123. The number of ether oxygens (including phenoxy) is 3. The maximum atomic E-state index is 13.5. The van der Waals surface area contributed by atoms with Crippen LogP contribution in [0.1, 0.15) is 43.2 Å². The summed E-state index contributed by atoms with van der Waals surface area (Å²) in [6.07, 6.45) is 11.9. The van der Waals surface area contributed by atoms with Gasteiger partial charge in [0.2, 0.25) is 0 Å². The summed E-state index contributed by atoms with van der Waals surface area (Å²) in [5.74, 6) is 2.13. The lowest BCUT2D eigenvalue weighted by Gasteiger charge is -2.36. The van der Waals surface area contributed by atoms with Crippen molar-refractivity contribution in [1.82, 2.24) is 79.4 Å². The van der Waals surface area contributed by atoms with E-state index in [-0.39, 0.29) is 20.1 Å². The van der Waals surface area contributed by atoms with Crippen LogP contribution in [0.15, 0.2) is 219 Å². The van der Waals surface area contributed by atoms with E-state index in [0.29, 0.717) is 97.2 Å². The first-order chi connectivity index (χ1) is 67.4. The minimum atomic E-state index is -0.476. The Morgan fingerprint density at radius 1 is 0.312 bits per heavy atom. The second kappa shape index (κ2) is 46.4. The Kier molecular flexibility index (Phi) is 32.2. The van der Waals surface area contributed by atoms with E-state index < -0.39 is 23.3 Å². The zero-order chi connectivity index (χ0) is 94.6. The maximum absolute atomic E-state index is 13.5. The molecular weight excluding hydrogens is 1940 g/mol. The van der Waals surface area contributed by atoms with E-state index in [2.05, 4.69) is 175 Å². The molecule has 0 radical (unpaired) electrons. The number of halogens is 9. The van der Waals surface area contributed by atoms with Crippen molar-refractivity contribution >= 4 is 240 Å². The van der Waals surface area contributed by atoms with Crippen molar-refractivity contribution in [2.24, 2.45) is 0 Å². The normalized spacial score (nSPS) is 14.1. The number of thiazole rings is 4. The number of anilines is 17. The zero-order valence-corrected chi connectivity index (χ0v) is 81.0. The van der Waals surface area contributed by atoms with Crippen LogP contribution in [0.3, 0.4) is 0 Å². The van der Waals surface area contributed by atoms with E-state index in [1.807, 2.05) is 72.8 Å². The van der Waals surface area contributed by atoms with E-state index in [0.717, 1.165) is 148 Å². The van der Waals surface area contributed by atoms with Gasteiger partial charge >= 0.3 is 0 Å². The van der Waals surface area contributed by atoms with Crippen LogP contribution in [-0.4, -0.2) is 184 Å². The van der Waals surface area contributed by atoms with Gasteiger partial charge in [0.15, 0.2) is 66.4 Å². The third-order valence-corrected chi connectivity index (χ3v) is 27.8. The highest BCUT2D eigenvalue weighted by molar-refractivity contribution is 7.24. The van der Waals surface area contributed by atoms with Gasteiger partial charge < -0.3 is 61.6 Å². The number of fused-ring (bicyclic) bond motifs is 4. The molecule has 9 aromatic carbocycles. The number of aromatic nitrogens is 12. The number of morpholine rings is 1. The molecule has 4 aliphatic rings. The molecule has 0 amide bonds. The number of likely N-dealkylation sites (tertiary alicyclic amines) is 2. The number of rotatable bonds is 30. The van der Waals surface area contributed by atoms with Gasteiger partial charge in [-0.15, -0.1) is 0 Å². The summed E-state index contributed by atoms with van der Waals surface area (Å²) >= 11 is 35.3. The molecule has 4 fully saturated rings. The maximum Gasteiger partial charge on any atom is 0.189 e. The van der Waals surface area contributed by atoms with Gasteiger partial charge in [-0.05, 0) is 239 Å². The van der Waals surface area contributed by atoms with Crippen molar-refractivity contribution in [3.63, 3.8) is 0 Å². The van der Waals surface area contributed by atoms with Gasteiger partial charge in [-0.1, -0.05) is 128 Å². The first-order valence-corrected chi connectivity index (χ1v) is 49.6. The van der Waals surface area contributed by atoms with Crippen molar-refractivity contribution < 1.29 is 31.8 Å². The van der Waals surface area contributed by atoms with Crippen LogP contribution in [0.5, 0.6) is 11.5 Å². The molecule has 138 heavy (non-hydrogen) atoms. The summed E-state index contributed by atoms with van der Waals surface area (Å²) in [6, 6.07) is 58.2. The van der Waals surface area contributed by atoms with Gasteiger partial charge in [0.05, 0.1) is 39.9 Å². The van der Waals surface area contributed by atoms with Gasteiger partial charge in [-0.25, -0.2) is 57.4 Å². The van der Waals surface area contributed by atoms with Crippen molar-refractivity contribution in [3.05, 3.63) is 279 Å². The molecule has 0 atom stereocenters. The van der Waals surface area contributed by atoms with Crippen molar-refractivity contribution in [3.8, 4) is 11.5 Å². The number of benzene rings is 9. The highest BCUT2D eigenvalue weighted by atomic mass is 35.5. The van der Waals surface area contributed by atoms with Gasteiger partial charge in [-0.3, -0.25) is 19.6 Å². The average molecular weight is 2040 g/mol. The number of hydrogen-bond donors (Lipinski definition) is 8. The highest BCUT2D eigenvalue weighted by Gasteiger charge is 2.23. The van der Waals surface area contributed by atoms with Crippen LogP contribution in [-0.2, 0) is 17.8 Å². The fourth-order valence-corrected chi connectivity index (χ4v) is 19.8. The summed E-state index contributed by atoms with van der Waals surface area (Å²) in [4.78, 5) is 64.8. The molecule has 0 spiro atoms. The fourth-order valence-electron chi connectivity index (χ4n) is 15.5. The predicted molar refractivity (Wildman–Crippen MR) is 551 cm³/mol. The van der Waals surface area contributed by atoms with E-state index >= 15 is 0 Å². The molecule has 41 heteroatoms. The van der Waals surface area contributed by atoms with Crippen LogP contribution in [0.25, 0.3) is 41.4 Å². The average Bonchev–Trinajstić information content (AvgIpc) is 1.68. The largest absolute Gasteiger partial charge is 0.494 e. The molecule has 12 heterocycles. The Labute approximate surface area is 832 Å². The molecule has 8 N–H and O–H groups in total. The van der Waals surface area contributed by atoms with Crippen LogP contribution in [0.4, 0.5) is 113 Å². The molecule has 0 bridgehead atoms. The second-order valence-corrected chi connectivity index (χ2v) is 38.4. The summed E-state index contributed by atoms with van der Waals surface area (Å²) < 4.78 is 74.2. The standard InChI is InChI=1S/C30H28Cl2FN7OS.C23H22ClFN6OS.C22H20ClFN6OS.C22H20ClFN6S/c31-20-2-7-23(8-3-20)40-15-13-39(14-16-40)12-1-17-41-24-9-4-21(5-10-24)37-30-38-29-27(42-30)28(34-19-35-29)36-22-6-11-26(33)25(32)18-22;24-18-13-16(5-8-19(18)25)28-21-20-22(27-14-26-21)30-23(33-20)29-15-3-6-17(7-4-15)32-12-11-31-9-1-2-10-31;23-17-11-16(5-6-18(17)24)27-20-19-21(26-13-25-20)29-22(32-19)28-15-3-1-14(2-4-15)12-30-7-9-31-10-8-30;23-17-11-16(7-8-18(17)24)27-20-19-21(26-13-25-20)29-22(31-19)28-15-5-3-14(4-6-15)12-30-9-1-2-10-30/h2-11,18-19H,1,12-17H2,(H2,34,35,36,37,38);3-8,13-14H,1-2,9-12H2,(H2,26,27,28,29,30);1-6,11,13H,7-10,12H2,(H2,25,26,27,28,29);3-8,11,13H,1-2,9-10,12H2,(H2,25,26,27,28,29). The quantitative estimate of drug-likeness (QED) is 0.0153. The molecular formula is C97H90Cl5F4N25O3S4. The number of hydrogen-bond acceptors (Lipinski definition) is 32. The minimum absolute atomic E-state index is 0.0358. The third kappa shape index (κ3) is 26.2. The molecule has 8 aromatic heterocycles. The van der Waals surface area contributed by atoms with Gasteiger partial charge in [0.25, 0.3) is 0 Å². The van der Waals surface area contributed by atoms with Crippen LogP contribution >= 0.6 is 103 Å². The lowest BCUT2D eigenvalue weighted by molar-refractivity contribution is 0.0342. The molecule has 4 aliphatic heterocycles. The summed E-state index contributed by atoms with van der Waals surface area (Å²) in [5, 5.41) is 29.7. The molecule has 4 saturated heterocycles.